The molecule has 3 amide bonds. The summed E-state index contributed by atoms with van der Waals surface area (Å²) in [5, 5.41) is 5.87. The third-order valence-electron chi connectivity index (χ3n) is 6.63. The fraction of sp³-hybridized carbons (Fsp3) is 0.385. The monoisotopic (exact) mass is 475 g/mol. The molecule has 9 heteroatoms. The van der Waals surface area contributed by atoms with Crippen molar-refractivity contribution in [2.75, 3.05) is 38.2 Å². The molecule has 0 radical (unpaired) electrons. The highest BCUT2D eigenvalue weighted by Crippen LogP contribution is 2.31. The first-order chi connectivity index (χ1) is 17.0. The van der Waals surface area contributed by atoms with Gasteiger partial charge in [-0.05, 0) is 56.5 Å². The van der Waals surface area contributed by atoms with Gasteiger partial charge < -0.3 is 19.5 Å². The van der Waals surface area contributed by atoms with Crippen molar-refractivity contribution in [2.45, 2.75) is 32.2 Å². The van der Waals surface area contributed by atoms with Crippen molar-refractivity contribution in [3.8, 4) is 0 Å². The van der Waals surface area contributed by atoms with E-state index in [1.165, 1.54) is 0 Å². The fourth-order valence-corrected chi connectivity index (χ4v) is 4.75. The average Bonchev–Trinajstić information content (AvgIpc) is 3.26. The Hall–Kier alpha value is -3.72. The van der Waals surface area contributed by atoms with Crippen LogP contribution >= 0.6 is 0 Å². The molecule has 35 heavy (non-hydrogen) atoms. The maximum absolute atomic E-state index is 13.5. The minimum atomic E-state index is -0.360. The molecule has 182 valence electrons. The molecular formula is C26H29N5O4. The van der Waals surface area contributed by atoms with Crippen molar-refractivity contribution in [1.82, 2.24) is 19.8 Å². The second-order valence-electron chi connectivity index (χ2n) is 9.02. The van der Waals surface area contributed by atoms with Crippen LogP contribution in [0.1, 0.15) is 63.3 Å². The summed E-state index contributed by atoms with van der Waals surface area (Å²) in [6, 6.07) is 12.1. The van der Waals surface area contributed by atoms with Crippen LogP contribution in [0.2, 0.25) is 0 Å². The number of anilines is 1. The number of imidazole rings is 1. The van der Waals surface area contributed by atoms with E-state index in [-0.39, 0.29) is 23.8 Å². The SMILES string of the molecule is C[C@H]1CCCCNC(=O)c2cccc(c2)C(=O)Nc2nc3cccc(C(=O)N4CCOCC4)c3n21. The van der Waals surface area contributed by atoms with E-state index in [9.17, 15) is 14.4 Å². The van der Waals surface area contributed by atoms with Crippen LogP contribution in [0.15, 0.2) is 42.5 Å². The minimum Gasteiger partial charge on any atom is -0.378 e. The number of carbonyl (C=O) groups is 3. The van der Waals surface area contributed by atoms with Gasteiger partial charge in [0.15, 0.2) is 0 Å². The van der Waals surface area contributed by atoms with Crippen LogP contribution < -0.4 is 10.6 Å². The summed E-state index contributed by atoms with van der Waals surface area (Å²) in [5.41, 5.74) is 2.75. The van der Waals surface area contributed by atoms with Crippen molar-refractivity contribution in [2.24, 2.45) is 0 Å². The van der Waals surface area contributed by atoms with E-state index in [1.54, 1.807) is 29.2 Å². The maximum atomic E-state index is 13.5. The number of hydrogen-bond acceptors (Lipinski definition) is 5. The molecule has 0 aliphatic carbocycles. The van der Waals surface area contributed by atoms with Crippen LogP contribution in [0.4, 0.5) is 5.95 Å². The quantitative estimate of drug-likeness (QED) is 0.562. The Labute approximate surface area is 203 Å². The molecule has 5 rings (SSSR count). The summed E-state index contributed by atoms with van der Waals surface area (Å²) in [4.78, 5) is 45.7. The largest absolute Gasteiger partial charge is 0.378 e. The minimum absolute atomic E-state index is 0.0288. The van der Waals surface area contributed by atoms with Gasteiger partial charge in [-0.2, -0.15) is 0 Å². The average molecular weight is 476 g/mol. The van der Waals surface area contributed by atoms with E-state index in [1.807, 2.05) is 22.8 Å². The number of carbonyl (C=O) groups excluding carboxylic acids is 3. The number of nitrogens with one attached hydrogen (secondary N) is 2. The Morgan fingerprint density at radius 2 is 1.77 bits per heavy atom. The van der Waals surface area contributed by atoms with E-state index in [0.717, 1.165) is 24.8 Å². The molecule has 9 nitrogen and oxygen atoms in total. The molecule has 2 aromatic carbocycles. The van der Waals surface area contributed by atoms with Crippen molar-refractivity contribution in [3.63, 3.8) is 0 Å². The number of benzene rings is 2. The van der Waals surface area contributed by atoms with Gasteiger partial charge in [-0.15, -0.1) is 0 Å². The van der Waals surface area contributed by atoms with Gasteiger partial charge in [0, 0.05) is 36.8 Å². The lowest BCUT2D eigenvalue weighted by Gasteiger charge is -2.27. The second-order valence-corrected chi connectivity index (χ2v) is 9.02. The number of aromatic nitrogens is 2. The Morgan fingerprint density at radius 1 is 1.03 bits per heavy atom. The number of morpholine rings is 1. The normalized spacial score (nSPS) is 19.5. The van der Waals surface area contributed by atoms with Crippen LogP contribution in [0.5, 0.6) is 0 Å². The number of hydrogen-bond donors (Lipinski definition) is 2. The molecule has 2 aliphatic rings. The van der Waals surface area contributed by atoms with Crippen LogP contribution in [-0.4, -0.2) is 65.0 Å². The van der Waals surface area contributed by atoms with E-state index in [4.69, 9.17) is 9.72 Å². The standard InChI is InChI=1S/C26H29N5O4/c1-17-6-2-3-11-27-23(32)18-7-4-8-19(16-18)24(33)29-26-28-21-10-5-9-20(22(21)31(17)26)25(34)30-12-14-35-15-13-30/h4-5,7-10,16-17H,2-3,6,11-15H2,1H3,(H,27,32)(H,28,29,33)/t17-/m0/s1. The van der Waals surface area contributed by atoms with Crippen molar-refractivity contribution >= 4 is 34.7 Å². The summed E-state index contributed by atoms with van der Waals surface area (Å²) in [6.07, 6.45) is 2.49. The van der Waals surface area contributed by atoms with Crippen LogP contribution in [-0.2, 0) is 4.74 Å². The zero-order valence-corrected chi connectivity index (χ0v) is 19.8. The topological polar surface area (TPSA) is 106 Å². The highest BCUT2D eigenvalue weighted by Gasteiger charge is 2.26. The Balaban J connectivity index is 1.60. The number of ether oxygens (including phenoxy) is 1. The molecule has 0 spiro atoms. The molecule has 1 atom stereocenters. The third-order valence-corrected chi connectivity index (χ3v) is 6.63. The van der Waals surface area contributed by atoms with Gasteiger partial charge in [0.05, 0.1) is 29.8 Å². The van der Waals surface area contributed by atoms with Crippen LogP contribution in [0.25, 0.3) is 11.0 Å². The van der Waals surface area contributed by atoms with Crippen molar-refractivity contribution in [1.29, 1.82) is 0 Å². The Kier molecular flexibility index (Phi) is 6.50. The predicted molar refractivity (Wildman–Crippen MR) is 132 cm³/mol. The van der Waals surface area contributed by atoms with Gasteiger partial charge in [-0.25, -0.2) is 4.98 Å². The van der Waals surface area contributed by atoms with Crippen LogP contribution in [0.3, 0.4) is 0 Å². The van der Waals surface area contributed by atoms with Gasteiger partial charge in [0.1, 0.15) is 0 Å². The first-order valence-electron chi connectivity index (χ1n) is 12.1. The van der Waals surface area contributed by atoms with Gasteiger partial charge >= 0.3 is 0 Å². The lowest BCUT2D eigenvalue weighted by Crippen LogP contribution is -2.40. The number of nitrogens with zero attached hydrogens (tertiary/aromatic N) is 3. The highest BCUT2D eigenvalue weighted by atomic mass is 16.5. The molecule has 3 aromatic rings. The zero-order chi connectivity index (χ0) is 24.4. The summed E-state index contributed by atoms with van der Waals surface area (Å²) < 4.78 is 7.40. The van der Waals surface area contributed by atoms with E-state index >= 15 is 0 Å². The molecule has 2 bridgehead atoms. The van der Waals surface area contributed by atoms with E-state index in [2.05, 4.69) is 17.6 Å². The number of amides is 3. The van der Waals surface area contributed by atoms with Crippen LogP contribution in [0, 0.1) is 0 Å². The van der Waals surface area contributed by atoms with Gasteiger partial charge in [0.2, 0.25) is 5.95 Å². The summed E-state index contributed by atoms with van der Waals surface area (Å²) in [5.74, 6) is -0.216. The number of fused-ring (bicyclic) bond motifs is 5. The van der Waals surface area contributed by atoms with Crippen molar-refractivity contribution in [3.05, 3.63) is 59.2 Å². The van der Waals surface area contributed by atoms with Gasteiger partial charge in [-0.1, -0.05) is 12.1 Å². The molecule has 0 saturated carbocycles. The Bertz CT molecular complexity index is 1280. The molecule has 3 heterocycles. The lowest BCUT2D eigenvalue weighted by molar-refractivity contribution is 0.0304. The first kappa shape index (κ1) is 23.0. The molecule has 1 fully saturated rings. The molecule has 1 aromatic heterocycles. The Morgan fingerprint density at radius 3 is 2.57 bits per heavy atom. The van der Waals surface area contributed by atoms with E-state index < -0.39 is 0 Å². The highest BCUT2D eigenvalue weighted by molar-refractivity contribution is 6.08. The number of para-hydroxylation sites is 1. The molecular weight excluding hydrogens is 446 g/mol. The molecule has 0 unspecified atom stereocenters. The predicted octanol–water partition coefficient (Wildman–Crippen LogP) is 3.24. The smallest absolute Gasteiger partial charge is 0.257 e. The number of rotatable bonds is 1. The fourth-order valence-electron chi connectivity index (χ4n) is 4.75. The molecule has 2 N–H and O–H groups in total. The molecule has 2 aliphatic heterocycles. The summed E-state index contributed by atoms with van der Waals surface area (Å²) >= 11 is 0. The summed E-state index contributed by atoms with van der Waals surface area (Å²) in [7, 11) is 0. The maximum Gasteiger partial charge on any atom is 0.257 e. The lowest BCUT2D eigenvalue weighted by atomic mass is 10.1. The summed E-state index contributed by atoms with van der Waals surface area (Å²) in [6.45, 7) is 4.76. The van der Waals surface area contributed by atoms with Crippen molar-refractivity contribution < 1.29 is 19.1 Å². The van der Waals surface area contributed by atoms with E-state index in [0.29, 0.717) is 61.0 Å². The van der Waals surface area contributed by atoms with Gasteiger partial charge in [0.25, 0.3) is 17.7 Å². The molecule has 1 saturated heterocycles. The first-order valence-corrected chi connectivity index (χ1v) is 12.1. The third kappa shape index (κ3) is 4.64. The zero-order valence-electron chi connectivity index (χ0n) is 19.8. The second kappa shape index (κ2) is 9.87. The van der Waals surface area contributed by atoms with Gasteiger partial charge in [-0.3, -0.25) is 19.7 Å².